The Morgan fingerprint density at radius 3 is 2.47 bits per heavy atom. The molecule has 1 nitrogen and oxygen atoms in total. The van der Waals surface area contributed by atoms with Gasteiger partial charge in [0.2, 0.25) is 0 Å². The van der Waals surface area contributed by atoms with Crippen LogP contribution in [-0.2, 0) is 13.0 Å². The van der Waals surface area contributed by atoms with Crippen molar-refractivity contribution in [3.05, 3.63) is 45.6 Å². The molecule has 0 aliphatic heterocycles. The van der Waals surface area contributed by atoms with E-state index in [2.05, 4.69) is 43.5 Å². The molecule has 2 rings (SSSR count). The molecule has 0 unspecified atom stereocenters. The van der Waals surface area contributed by atoms with E-state index in [0.29, 0.717) is 6.54 Å². The summed E-state index contributed by atoms with van der Waals surface area (Å²) in [5, 5.41) is 2.17. The quantitative estimate of drug-likeness (QED) is 0.861. The number of thiophene rings is 1. The fraction of sp³-hybridized carbons (Fsp3) is 0.333. The molecule has 0 atom stereocenters. The first-order chi connectivity index (χ1) is 8.26. The number of rotatable bonds is 4. The van der Waals surface area contributed by atoms with E-state index < -0.39 is 0 Å². The molecular formula is C15H19NS. The van der Waals surface area contributed by atoms with Gasteiger partial charge in [0.05, 0.1) is 0 Å². The van der Waals surface area contributed by atoms with E-state index in [9.17, 15) is 0 Å². The van der Waals surface area contributed by atoms with Gasteiger partial charge in [0.1, 0.15) is 0 Å². The van der Waals surface area contributed by atoms with Crippen LogP contribution in [0, 0.1) is 6.92 Å². The molecule has 0 aliphatic carbocycles. The monoisotopic (exact) mass is 245 g/mol. The number of benzene rings is 1. The van der Waals surface area contributed by atoms with Crippen molar-refractivity contribution in [1.82, 2.24) is 0 Å². The van der Waals surface area contributed by atoms with Crippen molar-refractivity contribution in [2.24, 2.45) is 5.73 Å². The minimum absolute atomic E-state index is 0.621. The highest BCUT2D eigenvalue weighted by Crippen LogP contribution is 2.32. The lowest BCUT2D eigenvalue weighted by Gasteiger charge is -2.06. The molecule has 0 spiro atoms. The van der Waals surface area contributed by atoms with Crippen molar-refractivity contribution in [3.8, 4) is 11.1 Å². The number of hydrogen-bond acceptors (Lipinski definition) is 2. The smallest absolute Gasteiger partial charge is 0.0192 e. The summed E-state index contributed by atoms with van der Waals surface area (Å²) >= 11 is 1.78. The fourth-order valence-corrected chi connectivity index (χ4v) is 3.07. The van der Waals surface area contributed by atoms with Crippen LogP contribution < -0.4 is 5.73 Å². The summed E-state index contributed by atoms with van der Waals surface area (Å²) in [6.45, 7) is 5.00. The van der Waals surface area contributed by atoms with Crippen LogP contribution in [0.5, 0.6) is 0 Å². The van der Waals surface area contributed by atoms with Crippen molar-refractivity contribution in [2.75, 3.05) is 0 Å². The van der Waals surface area contributed by atoms with Crippen molar-refractivity contribution in [2.45, 2.75) is 33.2 Å². The second-order valence-corrected chi connectivity index (χ2v) is 5.43. The van der Waals surface area contributed by atoms with Gasteiger partial charge in [-0.2, -0.15) is 0 Å². The Kier molecular flexibility index (Phi) is 3.97. The maximum atomic E-state index is 5.79. The summed E-state index contributed by atoms with van der Waals surface area (Å²) in [7, 11) is 0. The Balaban J connectivity index is 2.36. The number of aryl methyl sites for hydroxylation is 2. The molecule has 0 saturated carbocycles. The van der Waals surface area contributed by atoms with Crippen LogP contribution in [0.2, 0.25) is 0 Å². The number of nitrogens with two attached hydrogens (primary N) is 1. The molecule has 0 fully saturated rings. The Labute approximate surface area is 107 Å². The zero-order valence-corrected chi connectivity index (χ0v) is 11.3. The first kappa shape index (κ1) is 12.3. The maximum Gasteiger partial charge on any atom is 0.0192 e. The predicted octanol–water partition coefficient (Wildman–Crippen LogP) is 4.13. The molecule has 90 valence electrons. The van der Waals surface area contributed by atoms with E-state index in [1.807, 2.05) is 0 Å². The minimum atomic E-state index is 0.621. The average Bonchev–Trinajstić information content (AvgIpc) is 2.72. The minimum Gasteiger partial charge on any atom is -0.326 e. The molecular weight excluding hydrogens is 226 g/mol. The zero-order valence-electron chi connectivity index (χ0n) is 10.5. The fourth-order valence-electron chi connectivity index (χ4n) is 2.17. The summed E-state index contributed by atoms with van der Waals surface area (Å²) in [4.78, 5) is 1.36. The van der Waals surface area contributed by atoms with Gasteiger partial charge in [-0.25, -0.2) is 0 Å². The molecule has 2 heteroatoms. The van der Waals surface area contributed by atoms with Gasteiger partial charge in [-0.3, -0.25) is 0 Å². The van der Waals surface area contributed by atoms with Crippen LogP contribution in [-0.4, -0.2) is 0 Å². The zero-order chi connectivity index (χ0) is 12.3. The molecule has 2 N–H and O–H groups in total. The summed E-state index contributed by atoms with van der Waals surface area (Å²) in [5.74, 6) is 0. The van der Waals surface area contributed by atoms with Gasteiger partial charge in [-0.15, -0.1) is 11.3 Å². The van der Waals surface area contributed by atoms with E-state index in [4.69, 9.17) is 5.73 Å². The third-order valence-corrected chi connectivity index (χ3v) is 4.01. The average molecular weight is 245 g/mol. The van der Waals surface area contributed by atoms with Gasteiger partial charge in [0.15, 0.2) is 0 Å². The molecule has 1 aromatic carbocycles. The SMILES string of the molecule is CCCc1ccc(-c2c(CN)csc2C)cc1. The topological polar surface area (TPSA) is 26.0 Å². The Morgan fingerprint density at radius 1 is 1.18 bits per heavy atom. The van der Waals surface area contributed by atoms with E-state index in [1.165, 1.54) is 33.6 Å². The van der Waals surface area contributed by atoms with Crippen molar-refractivity contribution in [3.63, 3.8) is 0 Å². The van der Waals surface area contributed by atoms with Crippen LogP contribution in [0.4, 0.5) is 0 Å². The molecule has 0 saturated heterocycles. The van der Waals surface area contributed by atoms with E-state index in [-0.39, 0.29) is 0 Å². The van der Waals surface area contributed by atoms with Crippen LogP contribution in [0.25, 0.3) is 11.1 Å². The number of hydrogen-bond donors (Lipinski definition) is 1. The molecule has 0 aliphatic rings. The summed E-state index contributed by atoms with van der Waals surface area (Å²) in [6, 6.07) is 8.91. The first-order valence-corrected chi connectivity index (χ1v) is 7.00. The van der Waals surface area contributed by atoms with Crippen LogP contribution in [0.15, 0.2) is 29.6 Å². The molecule has 2 aromatic rings. The maximum absolute atomic E-state index is 5.79. The summed E-state index contributed by atoms with van der Waals surface area (Å²) in [5.41, 5.74) is 11.1. The Bertz CT molecular complexity index is 482. The normalized spacial score (nSPS) is 10.8. The van der Waals surface area contributed by atoms with Gasteiger partial charge in [0, 0.05) is 11.4 Å². The first-order valence-electron chi connectivity index (χ1n) is 6.12. The predicted molar refractivity (Wildman–Crippen MR) is 76.4 cm³/mol. The molecule has 0 bridgehead atoms. The summed E-state index contributed by atoms with van der Waals surface area (Å²) < 4.78 is 0. The Hall–Kier alpha value is -1.12. The standard InChI is InChI=1S/C15H19NS/c1-3-4-12-5-7-13(8-6-12)15-11(2)17-10-14(15)9-16/h5-8,10H,3-4,9,16H2,1-2H3. The van der Waals surface area contributed by atoms with Crippen molar-refractivity contribution >= 4 is 11.3 Å². The lowest BCUT2D eigenvalue weighted by atomic mass is 10.00. The van der Waals surface area contributed by atoms with Crippen LogP contribution >= 0.6 is 11.3 Å². The highest BCUT2D eigenvalue weighted by molar-refractivity contribution is 7.10. The van der Waals surface area contributed by atoms with Crippen molar-refractivity contribution in [1.29, 1.82) is 0 Å². The molecule has 0 amide bonds. The van der Waals surface area contributed by atoms with E-state index >= 15 is 0 Å². The van der Waals surface area contributed by atoms with Crippen molar-refractivity contribution < 1.29 is 0 Å². The lowest BCUT2D eigenvalue weighted by Crippen LogP contribution is -1.96. The highest BCUT2D eigenvalue weighted by Gasteiger charge is 2.09. The summed E-state index contributed by atoms with van der Waals surface area (Å²) in [6.07, 6.45) is 2.36. The van der Waals surface area contributed by atoms with Gasteiger partial charge >= 0.3 is 0 Å². The van der Waals surface area contributed by atoms with Gasteiger partial charge in [0.25, 0.3) is 0 Å². The largest absolute Gasteiger partial charge is 0.326 e. The third-order valence-electron chi connectivity index (χ3n) is 3.05. The van der Waals surface area contributed by atoms with Gasteiger partial charge in [-0.05, 0) is 41.0 Å². The molecule has 1 heterocycles. The van der Waals surface area contributed by atoms with Crippen LogP contribution in [0.1, 0.15) is 29.3 Å². The van der Waals surface area contributed by atoms with E-state index in [1.54, 1.807) is 11.3 Å². The second kappa shape index (κ2) is 5.48. The molecule has 17 heavy (non-hydrogen) atoms. The molecule has 0 radical (unpaired) electrons. The second-order valence-electron chi connectivity index (χ2n) is 4.34. The van der Waals surface area contributed by atoms with Gasteiger partial charge in [-0.1, -0.05) is 37.6 Å². The lowest BCUT2D eigenvalue weighted by molar-refractivity contribution is 0.922. The van der Waals surface area contributed by atoms with E-state index in [0.717, 1.165) is 6.42 Å². The molecule has 1 aromatic heterocycles. The highest BCUT2D eigenvalue weighted by atomic mass is 32.1. The van der Waals surface area contributed by atoms with Gasteiger partial charge < -0.3 is 5.73 Å². The van der Waals surface area contributed by atoms with Crippen LogP contribution in [0.3, 0.4) is 0 Å². The third kappa shape index (κ3) is 2.59. The Morgan fingerprint density at radius 2 is 1.88 bits per heavy atom.